The predicted octanol–water partition coefficient (Wildman–Crippen LogP) is 3.02. The molecule has 0 bridgehead atoms. The van der Waals surface area contributed by atoms with Gasteiger partial charge in [-0.3, -0.25) is 9.58 Å². The number of carboxylic acids is 1. The fourth-order valence-electron chi connectivity index (χ4n) is 3.45. The molecule has 1 aliphatic rings. The van der Waals surface area contributed by atoms with E-state index in [1.165, 1.54) is 11.4 Å². The van der Waals surface area contributed by atoms with E-state index in [0.29, 0.717) is 5.88 Å². The first-order valence-corrected chi connectivity index (χ1v) is 9.85. The third-order valence-electron chi connectivity index (χ3n) is 4.82. The molecule has 1 aliphatic heterocycles. The number of hydrogen-bond acceptors (Lipinski definition) is 5. The van der Waals surface area contributed by atoms with Crippen molar-refractivity contribution in [2.45, 2.75) is 38.8 Å². The second kappa shape index (κ2) is 9.86. The van der Waals surface area contributed by atoms with Crippen molar-refractivity contribution in [1.82, 2.24) is 24.2 Å². The Morgan fingerprint density at radius 1 is 1.25 bits per heavy atom. The number of aliphatic carboxylic acids is 1. The highest BCUT2D eigenvalue weighted by Gasteiger charge is 2.38. The van der Waals surface area contributed by atoms with Crippen LogP contribution in [0.3, 0.4) is 0 Å². The second-order valence-corrected chi connectivity index (χ2v) is 7.43. The first kappa shape index (κ1) is 23.3. The lowest BCUT2D eigenvalue weighted by molar-refractivity contribution is -0.192. The number of carboxylic acid groups (broad SMARTS) is 1. The Morgan fingerprint density at radius 3 is 2.59 bits per heavy atom. The summed E-state index contributed by atoms with van der Waals surface area (Å²) in [6, 6.07) is 12.2. The van der Waals surface area contributed by atoms with E-state index >= 15 is 0 Å². The molecule has 4 heterocycles. The average Bonchev–Trinajstić information content (AvgIpc) is 3.22. The fraction of sp³-hybridized carbons (Fsp3) is 0.381. The molecule has 0 amide bonds. The summed E-state index contributed by atoms with van der Waals surface area (Å²) in [6.45, 7) is 5.47. The van der Waals surface area contributed by atoms with Crippen LogP contribution < -0.4 is 4.74 Å². The summed E-state index contributed by atoms with van der Waals surface area (Å²) >= 11 is 0. The van der Waals surface area contributed by atoms with Crippen LogP contribution in [0.5, 0.6) is 5.88 Å². The van der Waals surface area contributed by atoms with Gasteiger partial charge in [0.15, 0.2) is 0 Å². The molecule has 8 nitrogen and oxygen atoms in total. The van der Waals surface area contributed by atoms with Gasteiger partial charge in [0.25, 0.3) is 0 Å². The summed E-state index contributed by atoms with van der Waals surface area (Å²) in [7, 11) is 2.00. The molecule has 11 heteroatoms. The molecule has 4 rings (SSSR count). The standard InChI is InChI=1S/C19H23N5O.C2HF3O2/c1-15-10-17(22(2)21-15)12-23-11-16-6-5-9-24(16)14-18(13-23)25-19-7-3-4-8-20-19;3-2(4,5)1(6)7/h3-10,18H,11-14H2,1-2H3;(H,6,7). The molecular weight excluding hydrogens is 427 g/mol. The molecule has 0 fully saturated rings. The van der Waals surface area contributed by atoms with Gasteiger partial charge in [0.1, 0.15) is 6.10 Å². The van der Waals surface area contributed by atoms with Crippen molar-refractivity contribution in [3.8, 4) is 5.88 Å². The van der Waals surface area contributed by atoms with E-state index < -0.39 is 12.1 Å². The van der Waals surface area contributed by atoms with Gasteiger partial charge < -0.3 is 14.4 Å². The molecule has 1 N–H and O–H groups in total. The molecule has 3 aromatic heterocycles. The van der Waals surface area contributed by atoms with Gasteiger partial charge in [0, 0.05) is 50.8 Å². The lowest BCUT2D eigenvalue weighted by Crippen LogP contribution is -2.35. The van der Waals surface area contributed by atoms with E-state index in [1.807, 2.05) is 36.9 Å². The number of aromatic nitrogens is 4. The van der Waals surface area contributed by atoms with Crippen molar-refractivity contribution in [2.75, 3.05) is 6.54 Å². The summed E-state index contributed by atoms with van der Waals surface area (Å²) < 4.78 is 42.2. The predicted molar refractivity (Wildman–Crippen MR) is 109 cm³/mol. The zero-order valence-electron chi connectivity index (χ0n) is 17.7. The molecule has 0 saturated carbocycles. The molecule has 0 spiro atoms. The lowest BCUT2D eigenvalue weighted by atomic mass is 10.3. The topological polar surface area (TPSA) is 85.4 Å². The zero-order valence-corrected chi connectivity index (χ0v) is 17.7. The quantitative estimate of drug-likeness (QED) is 0.657. The molecular formula is C21H24F3N5O3. The Morgan fingerprint density at radius 2 is 2.00 bits per heavy atom. The van der Waals surface area contributed by atoms with Gasteiger partial charge in [-0.15, -0.1) is 0 Å². The molecule has 172 valence electrons. The van der Waals surface area contributed by atoms with E-state index in [4.69, 9.17) is 14.6 Å². The van der Waals surface area contributed by atoms with Gasteiger partial charge in [0.2, 0.25) is 5.88 Å². The fourth-order valence-corrected chi connectivity index (χ4v) is 3.45. The number of rotatable bonds is 4. The monoisotopic (exact) mass is 451 g/mol. The SMILES string of the molecule is Cc1cc(CN2Cc3cccn3CC(Oc3ccccn3)C2)n(C)n1.O=C(O)C(F)(F)F. The lowest BCUT2D eigenvalue weighted by Gasteiger charge is -2.24. The van der Waals surface area contributed by atoms with E-state index in [1.54, 1.807) is 6.20 Å². The Hall–Kier alpha value is -3.34. The average molecular weight is 451 g/mol. The molecule has 0 radical (unpaired) electrons. The third kappa shape index (κ3) is 6.33. The number of ether oxygens (including phenoxy) is 1. The first-order chi connectivity index (χ1) is 15.1. The number of alkyl halides is 3. The van der Waals surface area contributed by atoms with E-state index in [9.17, 15) is 13.2 Å². The Bertz CT molecular complexity index is 1030. The molecule has 0 saturated heterocycles. The summed E-state index contributed by atoms with van der Waals surface area (Å²) in [4.78, 5) is 15.6. The molecule has 0 aromatic carbocycles. The van der Waals surface area contributed by atoms with E-state index in [2.05, 4.69) is 43.9 Å². The minimum absolute atomic E-state index is 0.0536. The number of fused-ring (bicyclic) bond motifs is 1. The minimum Gasteiger partial charge on any atom is -0.475 e. The molecule has 3 aromatic rings. The van der Waals surface area contributed by atoms with E-state index in [0.717, 1.165) is 31.9 Å². The van der Waals surface area contributed by atoms with Crippen molar-refractivity contribution >= 4 is 5.97 Å². The molecule has 1 unspecified atom stereocenters. The maximum Gasteiger partial charge on any atom is 0.490 e. The van der Waals surface area contributed by atoms with Gasteiger partial charge in [-0.1, -0.05) is 6.07 Å². The van der Waals surface area contributed by atoms with Crippen molar-refractivity contribution in [3.63, 3.8) is 0 Å². The van der Waals surface area contributed by atoms with Gasteiger partial charge in [-0.25, -0.2) is 9.78 Å². The summed E-state index contributed by atoms with van der Waals surface area (Å²) in [6.07, 6.45) is -1.14. The maximum absolute atomic E-state index is 10.6. The largest absolute Gasteiger partial charge is 0.490 e. The number of hydrogen-bond donors (Lipinski definition) is 1. The number of carbonyl (C=O) groups is 1. The zero-order chi connectivity index (χ0) is 23.3. The highest BCUT2D eigenvalue weighted by atomic mass is 19.4. The van der Waals surface area contributed by atoms with Gasteiger partial charge in [0.05, 0.1) is 17.9 Å². The van der Waals surface area contributed by atoms with Crippen LogP contribution in [0.4, 0.5) is 13.2 Å². The normalized spacial score (nSPS) is 16.5. The summed E-state index contributed by atoms with van der Waals surface area (Å²) in [5.74, 6) is -2.08. The van der Waals surface area contributed by atoms with Crippen molar-refractivity contribution in [1.29, 1.82) is 0 Å². The molecule has 0 aliphatic carbocycles. The van der Waals surface area contributed by atoms with Crippen LogP contribution >= 0.6 is 0 Å². The van der Waals surface area contributed by atoms with Crippen LogP contribution in [-0.2, 0) is 31.5 Å². The third-order valence-corrected chi connectivity index (χ3v) is 4.82. The van der Waals surface area contributed by atoms with Crippen LogP contribution in [0.1, 0.15) is 17.1 Å². The van der Waals surface area contributed by atoms with Crippen molar-refractivity contribution in [2.24, 2.45) is 7.05 Å². The molecule has 32 heavy (non-hydrogen) atoms. The maximum atomic E-state index is 10.6. The number of aryl methyl sites for hydroxylation is 2. The van der Waals surface area contributed by atoms with Crippen molar-refractivity contribution in [3.05, 3.63) is 65.9 Å². The summed E-state index contributed by atoms with van der Waals surface area (Å²) in [5, 5.41) is 11.6. The van der Waals surface area contributed by atoms with Gasteiger partial charge >= 0.3 is 12.1 Å². The smallest absolute Gasteiger partial charge is 0.475 e. The second-order valence-electron chi connectivity index (χ2n) is 7.43. The Kier molecular flexibility index (Phi) is 7.18. The van der Waals surface area contributed by atoms with Crippen LogP contribution in [0, 0.1) is 6.92 Å². The first-order valence-electron chi connectivity index (χ1n) is 9.85. The number of pyridine rings is 1. The highest BCUT2D eigenvalue weighted by Crippen LogP contribution is 2.19. The van der Waals surface area contributed by atoms with E-state index in [-0.39, 0.29) is 6.10 Å². The number of halogens is 3. The van der Waals surface area contributed by atoms with Gasteiger partial charge in [-0.2, -0.15) is 18.3 Å². The van der Waals surface area contributed by atoms with Crippen LogP contribution in [-0.4, -0.2) is 54.1 Å². The number of nitrogens with zero attached hydrogens (tertiary/aromatic N) is 5. The van der Waals surface area contributed by atoms with Crippen LogP contribution in [0.25, 0.3) is 0 Å². The Balaban J connectivity index is 0.000000360. The molecule has 1 atom stereocenters. The highest BCUT2D eigenvalue weighted by molar-refractivity contribution is 5.73. The van der Waals surface area contributed by atoms with Crippen molar-refractivity contribution < 1.29 is 27.8 Å². The van der Waals surface area contributed by atoms with Crippen LogP contribution in [0.2, 0.25) is 0 Å². The minimum atomic E-state index is -5.08. The Labute approximate surface area is 182 Å². The van der Waals surface area contributed by atoms with Gasteiger partial charge in [-0.05, 0) is 31.2 Å². The summed E-state index contributed by atoms with van der Waals surface area (Å²) in [5.41, 5.74) is 3.58. The van der Waals surface area contributed by atoms with Crippen LogP contribution in [0.15, 0.2) is 48.8 Å².